The number of aliphatic imine (C=N–C) groups is 1. The number of aromatic nitrogens is 2. The summed E-state index contributed by atoms with van der Waals surface area (Å²) in [6.45, 7) is 3.94. The van der Waals surface area contributed by atoms with Gasteiger partial charge in [0.15, 0.2) is 5.96 Å². The first-order valence-electron chi connectivity index (χ1n) is 10.1. The Labute approximate surface area is 200 Å². The van der Waals surface area contributed by atoms with E-state index < -0.39 is 10.0 Å². The molecule has 1 aromatic heterocycles. The van der Waals surface area contributed by atoms with Crippen LogP contribution in [0.1, 0.15) is 5.56 Å². The van der Waals surface area contributed by atoms with Gasteiger partial charge in [-0.25, -0.2) is 18.4 Å². The monoisotopic (exact) mass is 557 g/mol. The number of guanidine groups is 1. The molecule has 1 saturated heterocycles. The van der Waals surface area contributed by atoms with Crippen LogP contribution in [0, 0.1) is 0 Å². The van der Waals surface area contributed by atoms with Crippen LogP contribution in [-0.4, -0.2) is 81.3 Å². The van der Waals surface area contributed by atoms with Crippen LogP contribution in [0.3, 0.4) is 0 Å². The van der Waals surface area contributed by atoms with Gasteiger partial charge in [0.05, 0.1) is 11.4 Å². The lowest BCUT2D eigenvalue weighted by atomic mass is 10.2. The average molecular weight is 557 g/mol. The number of sulfonamides is 1. The van der Waals surface area contributed by atoms with Gasteiger partial charge < -0.3 is 15.1 Å². The second kappa shape index (κ2) is 10.4. The lowest BCUT2D eigenvalue weighted by molar-refractivity contribution is 0.371. The molecule has 0 bridgehead atoms. The summed E-state index contributed by atoms with van der Waals surface area (Å²) in [4.78, 5) is 17.2. The maximum Gasteiger partial charge on any atom is 0.236 e. The van der Waals surface area contributed by atoms with Crippen LogP contribution in [0.15, 0.2) is 47.7 Å². The fourth-order valence-corrected chi connectivity index (χ4v) is 5.33. The van der Waals surface area contributed by atoms with Crippen molar-refractivity contribution < 1.29 is 8.42 Å². The molecule has 168 valence electrons. The summed E-state index contributed by atoms with van der Waals surface area (Å²) >= 11 is 0. The number of nitrogens with zero attached hydrogens (tertiary/aromatic N) is 6. The standard InChI is InChI=1S/C20H27N7O2S.HI/c1-21-19(25-12-14-26(15-13-25)20-22-8-4-9-23-20)24-10-16-30(28,29)27-11-7-17-5-2-3-6-18(17)27;/h2-6,8-9H,7,10-16H2,1H3,(H,21,24);1H. The molecule has 0 radical (unpaired) electrons. The summed E-state index contributed by atoms with van der Waals surface area (Å²) in [5.41, 5.74) is 1.89. The van der Waals surface area contributed by atoms with Gasteiger partial charge in [-0.3, -0.25) is 9.30 Å². The minimum atomic E-state index is -3.38. The Balaban J connectivity index is 0.00000272. The Kier molecular flexibility index (Phi) is 7.92. The van der Waals surface area contributed by atoms with Crippen LogP contribution < -0.4 is 14.5 Å². The predicted molar refractivity (Wildman–Crippen MR) is 134 cm³/mol. The first-order chi connectivity index (χ1) is 14.6. The highest BCUT2D eigenvalue weighted by atomic mass is 127. The molecule has 31 heavy (non-hydrogen) atoms. The van der Waals surface area contributed by atoms with Crippen LogP contribution in [0.2, 0.25) is 0 Å². The van der Waals surface area contributed by atoms with Gasteiger partial charge in [-0.1, -0.05) is 18.2 Å². The fraction of sp³-hybridized carbons (Fsp3) is 0.450. The number of piperazine rings is 1. The van der Waals surface area contributed by atoms with Crippen molar-refractivity contribution >= 4 is 51.6 Å². The zero-order chi connectivity index (χ0) is 21.0. The number of rotatable bonds is 5. The Hall–Kier alpha value is -2.15. The van der Waals surface area contributed by atoms with E-state index in [1.807, 2.05) is 24.3 Å². The van der Waals surface area contributed by atoms with Gasteiger partial charge in [0.25, 0.3) is 0 Å². The fourth-order valence-electron chi connectivity index (χ4n) is 3.90. The maximum atomic E-state index is 12.9. The third-order valence-electron chi connectivity index (χ3n) is 5.45. The first-order valence-corrected chi connectivity index (χ1v) is 11.8. The zero-order valence-corrected chi connectivity index (χ0v) is 20.7. The molecule has 0 spiro atoms. The minimum absolute atomic E-state index is 0. The SMILES string of the molecule is CN=C(NCCS(=O)(=O)N1CCc2ccccc21)N1CCN(c2ncccn2)CC1.I. The van der Waals surface area contributed by atoms with Crippen LogP contribution in [0.25, 0.3) is 0 Å². The summed E-state index contributed by atoms with van der Waals surface area (Å²) in [6.07, 6.45) is 4.25. The van der Waals surface area contributed by atoms with E-state index in [4.69, 9.17) is 0 Å². The zero-order valence-electron chi connectivity index (χ0n) is 17.5. The largest absolute Gasteiger partial charge is 0.355 e. The molecule has 9 nitrogen and oxygen atoms in total. The molecule has 1 aromatic carbocycles. The lowest BCUT2D eigenvalue weighted by Crippen LogP contribution is -2.53. The summed E-state index contributed by atoms with van der Waals surface area (Å²) in [5.74, 6) is 1.48. The third kappa shape index (κ3) is 5.37. The van der Waals surface area contributed by atoms with Gasteiger partial charge in [0.1, 0.15) is 0 Å². The topological polar surface area (TPSA) is 94.0 Å². The van der Waals surface area contributed by atoms with Crippen molar-refractivity contribution in [1.29, 1.82) is 0 Å². The summed E-state index contributed by atoms with van der Waals surface area (Å²) in [6, 6.07) is 9.50. The molecule has 1 N–H and O–H groups in total. The number of benzene rings is 1. The smallest absolute Gasteiger partial charge is 0.236 e. The molecular formula is C20H28IN7O2S. The van der Waals surface area contributed by atoms with Gasteiger partial charge >= 0.3 is 0 Å². The molecule has 11 heteroatoms. The highest BCUT2D eigenvalue weighted by Gasteiger charge is 2.29. The molecule has 4 rings (SSSR count). The van der Waals surface area contributed by atoms with E-state index in [0.29, 0.717) is 13.1 Å². The van der Waals surface area contributed by atoms with Crippen molar-refractivity contribution in [3.8, 4) is 0 Å². The van der Waals surface area contributed by atoms with Gasteiger partial charge in [0.2, 0.25) is 16.0 Å². The van der Waals surface area contributed by atoms with Crippen LogP contribution in [0.5, 0.6) is 0 Å². The first kappa shape index (κ1) is 23.5. The number of hydrogen-bond donors (Lipinski definition) is 1. The van der Waals surface area contributed by atoms with E-state index in [0.717, 1.165) is 55.8 Å². The highest BCUT2D eigenvalue weighted by Crippen LogP contribution is 2.29. The highest BCUT2D eigenvalue weighted by molar-refractivity contribution is 14.0. The third-order valence-corrected chi connectivity index (χ3v) is 7.22. The van der Waals surface area contributed by atoms with Gasteiger partial charge in [-0.05, 0) is 24.1 Å². The van der Waals surface area contributed by atoms with E-state index in [1.54, 1.807) is 25.5 Å². The number of fused-ring (bicyclic) bond motifs is 1. The van der Waals surface area contributed by atoms with E-state index in [-0.39, 0.29) is 29.7 Å². The Morgan fingerprint density at radius 1 is 1.06 bits per heavy atom. The molecule has 3 heterocycles. The normalized spacial score (nSPS) is 16.7. The van der Waals surface area contributed by atoms with Gasteiger partial charge in [-0.15, -0.1) is 24.0 Å². The van der Waals surface area contributed by atoms with Crippen molar-refractivity contribution in [3.63, 3.8) is 0 Å². The number of para-hydroxylation sites is 1. The van der Waals surface area contributed by atoms with Crippen LogP contribution in [0.4, 0.5) is 11.6 Å². The average Bonchev–Trinajstić information content (AvgIpc) is 3.23. The summed E-state index contributed by atoms with van der Waals surface area (Å²) in [7, 11) is -1.66. The van der Waals surface area contributed by atoms with Crippen molar-refractivity contribution in [3.05, 3.63) is 48.3 Å². The Morgan fingerprint density at radius 3 is 2.48 bits per heavy atom. The molecule has 2 aliphatic heterocycles. The molecule has 0 amide bonds. The number of nitrogens with one attached hydrogen (secondary N) is 1. The maximum absolute atomic E-state index is 12.9. The van der Waals surface area contributed by atoms with E-state index >= 15 is 0 Å². The summed E-state index contributed by atoms with van der Waals surface area (Å²) < 4.78 is 27.2. The van der Waals surface area contributed by atoms with Crippen molar-refractivity contribution in [2.45, 2.75) is 6.42 Å². The van der Waals surface area contributed by atoms with E-state index in [2.05, 4.69) is 30.1 Å². The molecular weight excluding hydrogens is 529 g/mol. The summed E-state index contributed by atoms with van der Waals surface area (Å²) in [5, 5.41) is 3.22. The molecule has 0 atom stereocenters. The second-order valence-electron chi connectivity index (χ2n) is 7.26. The molecule has 2 aliphatic rings. The van der Waals surface area contributed by atoms with Gasteiger partial charge in [-0.2, -0.15) is 0 Å². The second-order valence-corrected chi connectivity index (χ2v) is 9.28. The van der Waals surface area contributed by atoms with Crippen LogP contribution >= 0.6 is 24.0 Å². The number of anilines is 2. The van der Waals surface area contributed by atoms with Crippen molar-refractivity contribution in [2.24, 2.45) is 4.99 Å². The quantitative estimate of drug-likeness (QED) is 0.336. The Bertz CT molecular complexity index is 996. The number of halogens is 1. The molecule has 0 unspecified atom stereocenters. The molecule has 2 aromatic rings. The molecule has 0 aliphatic carbocycles. The van der Waals surface area contributed by atoms with Gasteiger partial charge in [0, 0.05) is 58.7 Å². The van der Waals surface area contributed by atoms with Crippen molar-refractivity contribution in [2.75, 3.05) is 61.3 Å². The minimum Gasteiger partial charge on any atom is -0.355 e. The van der Waals surface area contributed by atoms with E-state index in [1.165, 1.54) is 4.31 Å². The van der Waals surface area contributed by atoms with Crippen LogP contribution in [-0.2, 0) is 16.4 Å². The Morgan fingerprint density at radius 2 is 1.77 bits per heavy atom. The predicted octanol–water partition coefficient (Wildman–Crippen LogP) is 1.18. The van der Waals surface area contributed by atoms with E-state index in [9.17, 15) is 8.42 Å². The lowest BCUT2D eigenvalue weighted by Gasteiger charge is -2.36. The van der Waals surface area contributed by atoms with Crippen molar-refractivity contribution in [1.82, 2.24) is 20.2 Å². The molecule has 0 saturated carbocycles. The molecule has 1 fully saturated rings. The number of hydrogen-bond acceptors (Lipinski definition) is 6.